The zero-order valence-corrected chi connectivity index (χ0v) is 10.8. The van der Waals surface area contributed by atoms with Gasteiger partial charge in [-0.05, 0) is 13.8 Å². The van der Waals surface area contributed by atoms with Gasteiger partial charge in [0.05, 0.1) is 12.5 Å². The standard InChI is InChI=1S/C14H18O4/c1-4-18-13(16)14(3,17)10(2)12(15)11-8-6-5-7-9-11/h5-10,17H,4H2,1-3H3. The van der Waals surface area contributed by atoms with Gasteiger partial charge in [-0.25, -0.2) is 4.79 Å². The van der Waals surface area contributed by atoms with Crippen molar-refractivity contribution in [1.82, 2.24) is 0 Å². The number of rotatable bonds is 5. The van der Waals surface area contributed by atoms with Crippen molar-refractivity contribution in [3.8, 4) is 0 Å². The molecule has 1 aromatic carbocycles. The first-order valence-electron chi connectivity index (χ1n) is 5.90. The van der Waals surface area contributed by atoms with Gasteiger partial charge < -0.3 is 9.84 Å². The minimum Gasteiger partial charge on any atom is -0.464 e. The molecule has 4 nitrogen and oxygen atoms in total. The monoisotopic (exact) mass is 250 g/mol. The lowest BCUT2D eigenvalue weighted by molar-refractivity contribution is -0.166. The van der Waals surface area contributed by atoms with Gasteiger partial charge in [0.25, 0.3) is 0 Å². The molecule has 0 aliphatic heterocycles. The molecule has 0 aliphatic rings. The second-order valence-electron chi connectivity index (χ2n) is 4.32. The highest BCUT2D eigenvalue weighted by Gasteiger charge is 2.42. The Morgan fingerprint density at radius 3 is 2.39 bits per heavy atom. The van der Waals surface area contributed by atoms with E-state index in [4.69, 9.17) is 4.74 Å². The van der Waals surface area contributed by atoms with Crippen LogP contribution in [0.15, 0.2) is 30.3 Å². The van der Waals surface area contributed by atoms with E-state index < -0.39 is 17.5 Å². The third-order valence-electron chi connectivity index (χ3n) is 2.98. The Hall–Kier alpha value is -1.68. The molecule has 1 N–H and O–H groups in total. The summed E-state index contributed by atoms with van der Waals surface area (Å²) in [5, 5.41) is 10.1. The Morgan fingerprint density at radius 2 is 1.89 bits per heavy atom. The molecule has 0 aliphatic carbocycles. The number of ether oxygens (including phenoxy) is 1. The maximum Gasteiger partial charge on any atom is 0.338 e. The van der Waals surface area contributed by atoms with Gasteiger partial charge in [-0.1, -0.05) is 37.3 Å². The Morgan fingerprint density at radius 1 is 1.33 bits per heavy atom. The van der Waals surface area contributed by atoms with Gasteiger partial charge >= 0.3 is 5.97 Å². The lowest BCUT2D eigenvalue weighted by atomic mass is 9.84. The molecule has 18 heavy (non-hydrogen) atoms. The number of benzene rings is 1. The number of Topliss-reactive ketones (excluding diaryl/α,β-unsaturated/α-hetero) is 1. The van der Waals surface area contributed by atoms with Crippen LogP contribution in [0, 0.1) is 5.92 Å². The molecule has 0 saturated carbocycles. The van der Waals surface area contributed by atoms with Crippen LogP contribution in [-0.4, -0.2) is 29.1 Å². The van der Waals surface area contributed by atoms with Gasteiger partial charge in [-0.3, -0.25) is 4.79 Å². The molecule has 1 rings (SSSR count). The second-order valence-corrected chi connectivity index (χ2v) is 4.32. The fraction of sp³-hybridized carbons (Fsp3) is 0.429. The van der Waals surface area contributed by atoms with Gasteiger partial charge in [0.1, 0.15) is 0 Å². The SMILES string of the molecule is CCOC(=O)C(C)(O)C(C)C(=O)c1ccccc1. The van der Waals surface area contributed by atoms with Crippen molar-refractivity contribution in [2.75, 3.05) is 6.61 Å². The van der Waals surface area contributed by atoms with Crippen LogP contribution < -0.4 is 0 Å². The summed E-state index contributed by atoms with van der Waals surface area (Å²) in [7, 11) is 0. The molecule has 4 heteroatoms. The van der Waals surface area contributed by atoms with E-state index in [1.807, 2.05) is 0 Å². The number of hydrogen-bond donors (Lipinski definition) is 1. The molecular formula is C14H18O4. The zero-order chi connectivity index (χ0) is 13.8. The molecule has 0 amide bonds. The first-order valence-corrected chi connectivity index (χ1v) is 5.90. The third-order valence-corrected chi connectivity index (χ3v) is 2.98. The number of hydrogen-bond acceptors (Lipinski definition) is 4. The van der Waals surface area contributed by atoms with Crippen LogP contribution >= 0.6 is 0 Å². The van der Waals surface area contributed by atoms with Crippen molar-refractivity contribution < 1.29 is 19.4 Å². The Bertz CT molecular complexity index is 423. The van der Waals surface area contributed by atoms with Crippen molar-refractivity contribution in [2.45, 2.75) is 26.4 Å². The summed E-state index contributed by atoms with van der Waals surface area (Å²) in [6, 6.07) is 8.57. The largest absolute Gasteiger partial charge is 0.464 e. The van der Waals surface area contributed by atoms with Crippen molar-refractivity contribution in [2.24, 2.45) is 5.92 Å². The van der Waals surface area contributed by atoms with Crippen LogP contribution in [0.4, 0.5) is 0 Å². The maximum atomic E-state index is 12.1. The summed E-state index contributed by atoms with van der Waals surface area (Å²) in [6.07, 6.45) is 0. The molecule has 0 fully saturated rings. The van der Waals surface area contributed by atoms with Crippen molar-refractivity contribution in [1.29, 1.82) is 0 Å². The topological polar surface area (TPSA) is 63.6 Å². The smallest absolute Gasteiger partial charge is 0.338 e. The van der Waals surface area contributed by atoms with Crippen LogP contribution in [0.25, 0.3) is 0 Å². The summed E-state index contributed by atoms with van der Waals surface area (Å²) < 4.78 is 4.77. The first-order chi connectivity index (χ1) is 8.41. The van der Waals surface area contributed by atoms with Gasteiger partial charge in [0, 0.05) is 5.56 Å². The van der Waals surface area contributed by atoms with Gasteiger partial charge in [0.15, 0.2) is 11.4 Å². The summed E-state index contributed by atoms with van der Waals surface area (Å²) in [5.74, 6) is -1.92. The van der Waals surface area contributed by atoms with E-state index in [0.29, 0.717) is 5.56 Å². The number of esters is 1. The summed E-state index contributed by atoms with van der Waals surface area (Å²) in [5.41, 5.74) is -1.35. The Labute approximate surface area is 107 Å². The average molecular weight is 250 g/mol. The number of carbonyl (C=O) groups is 2. The molecule has 0 aromatic heterocycles. The minimum atomic E-state index is -1.82. The van der Waals surface area contributed by atoms with Crippen molar-refractivity contribution in [3.05, 3.63) is 35.9 Å². The normalized spacial score (nSPS) is 15.6. The molecular weight excluding hydrogens is 232 g/mol. The highest BCUT2D eigenvalue weighted by atomic mass is 16.5. The van der Waals surface area contributed by atoms with E-state index in [1.165, 1.54) is 13.8 Å². The van der Waals surface area contributed by atoms with E-state index in [-0.39, 0.29) is 12.4 Å². The maximum absolute atomic E-state index is 12.1. The molecule has 1 aromatic rings. The van der Waals surface area contributed by atoms with E-state index in [9.17, 15) is 14.7 Å². The quantitative estimate of drug-likeness (QED) is 0.639. The van der Waals surface area contributed by atoms with Gasteiger partial charge in [-0.15, -0.1) is 0 Å². The predicted octanol–water partition coefficient (Wildman–Crippen LogP) is 1.82. The number of aliphatic hydroxyl groups is 1. The Balaban J connectivity index is 2.90. The van der Waals surface area contributed by atoms with E-state index >= 15 is 0 Å². The van der Waals surface area contributed by atoms with Crippen LogP contribution in [0.3, 0.4) is 0 Å². The minimum absolute atomic E-state index is 0.168. The van der Waals surface area contributed by atoms with Gasteiger partial charge in [-0.2, -0.15) is 0 Å². The first kappa shape index (κ1) is 14.4. The average Bonchev–Trinajstić information content (AvgIpc) is 2.38. The molecule has 2 atom stereocenters. The summed E-state index contributed by atoms with van der Waals surface area (Å²) in [4.78, 5) is 23.7. The van der Waals surface area contributed by atoms with E-state index in [0.717, 1.165) is 0 Å². The van der Waals surface area contributed by atoms with E-state index in [1.54, 1.807) is 37.3 Å². The highest BCUT2D eigenvalue weighted by molar-refractivity contribution is 6.01. The van der Waals surface area contributed by atoms with Crippen molar-refractivity contribution in [3.63, 3.8) is 0 Å². The van der Waals surface area contributed by atoms with Gasteiger partial charge in [0.2, 0.25) is 0 Å². The molecule has 2 unspecified atom stereocenters. The highest BCUT2D eigenvalue weighted by Crippen LogP contribution is 2.23. The summed E-state index contributed by atoms with van der Waals surface area (Å²) >= 11 is 0. The second kappa shape index (κ2) is 5.78. The molecule has 0 heterocycles. The molecule has 0 saturated heterocycles. The predicted molar refractivity (Wildman–Crippen MR) is 67.2 cm³/mol. The molecule has 0 radical (unpaired) electrons. The summed E-state index contributed by atoms with van der Waals surface area (Å²) in [6.45, 7) is 4.64. The van der Waals surface area contributed by atoms with Crippen LogP contribution in [-0.2, 0) is 9.53 Å². The Kier molecular flexibility index (Phi) is 4.62. The van der Waals surface area contributed by atoms with Crippen LogP contribution in [0.2, 0.25) is 0 Å². The van der Waals surface area contributed by atoms with Crippen molar-refractivity contribution >= 4 is 11.8 Å². The molecule has 0 spiro atoms. The fourth-order valence-corrected chi connectivity index (χ4v) is 1.56. The lowest BCUT2D eigenvalue weighted by Gasteiger charge is -2.26. The molecule has 0 bridgehead atoms. The molecule has 98 valence electrons. The fourth-order valence-electron chi connectivity index (χ4n) is 1.56. The lowest BCUT2D eigenvalue weighted by Crippen LogP contribution is -2.46. The third kappa shape index (κ3) is 2.96. The van der Waals surface area contributed by atoms with Crippen LogP contribution in [0.1, 0.15) is 31.1 Å². The van der Waals surface area contributed by atoms with E-state index in [2.05, 4.69) is 0 Å². The zero-order valence-electron chi connectivity index (χ0n) is 10.8. The van der Waals surface area contributed by atoms with Crippen LogP contribution in [0.5, 0.6) is 0 Å². The number of ketones is 1. The number of carbonyl (C=O) groups excluding carboxylic acids is 2.